The summed E-state index contributed by atoms with van der Waals surface area (Å²) in [6, 6.07) is 10.1. The lowest BCUT2D eigenvalue weighted by Crippen LogP contribution is -2.15. The molecule has 7 nitrogen and oxygen atoms in total. The lowest BCUT2D eigenvalue weighted by atomic mass is 10.1. The van der Waals surface area contributed by atoms with Crippen LogP contribution in [0.1, 0.15) is 50.2 Å². The number of alkyl halides is 2. The summed E-state index contributed by atoms with van der Waals surface area (Å²) in [5.41, 5.74) is 1.52. The number of aryl methyl sites for hydroxylation is 1. The second kappa shape index (κ2) is 9.07. The summed E-state index contributed by atoms with van der Waals surface area (Å²) in [6.07, 6.45) is -1.64. The van der Waals surface area contributed by atoms with Crippen LogP contribution in [-0.4, -0.2) is 33.1 Å². The number of anilines is 1. The Morgan fingerprint density at radius 3 is 2.61 bits per heavy atom. The quantitative estimate of drug-likeness (QED) is 0.379. The lowest BCUT2D eigenvalue weighted by Gasteiger charge is -2.09. The van der Waals surface area contributed by atoms with Gasteiger partial charge in [0, 0.05) is 10.4 Å². The molecule has 3 aromatic heterocycles. The number of aromatic nitrogens is 3. The van der Waals surface area contributed by atoms with Crippen LogP contribution < -0.4 is 5.32 Å². The normalized spacial score (nSPS) is 11.2. The molecule has 3 heterocycles. The van der Waals surface area contributed by atoms with Gasteiger partial charge >= 0.3 is 5.97 Å². The van der Waals surface area contributed by atoms with Crippen LogP contribution in [-0.2, 0) is 4.74 Å². The first-order valence-electron chi connectivity index (χ1n) is 10.1. The molecule has 0 bridgehead atoms. The van der Waals surface area contributed by atoms with Crippen LogP contribution in [0.25, 0.3) is 16.9 Å². The van der Waals surface area contributed by atoms with Crippen molar-refractivity contribution in [3.63, 3.8) is 0 Å². The van der Waals surface area contributed by atoms with Gasteiger partial charge in [0.25, 0.3) is 12.3 Å². The fourth-order valence-corrected chi connectivity index (χ4v) is 4.44. The Labute approximate surface area is 192 Å². The number of hydrogen-bond donors (Lipinski definition) is 1. The van der Waals surface area contributed by atoms with Gasteiger partial charge in [-0.1, -0.05) is 30.3 Å². The third-order valence-corrected chi connectivity index (χ3v) is 6.25. The second-order valence-corrected chi connectivity index (χ2v) is 8.41. The predicted octanol–water partition coefficient (Wildman–Crippen LogP) is 5.44. The van der Waals surface area contributed by atoms with Crippen molar-refractivity contribution in [2.45, 2.75) is 27.2 Å². The molecule has 0 aliphatic heterocycles. The molecule has 0 saturated heterocycles. The number of carbonyl (C=O) groups is 2. The Balaban J connectivity index is 1.78. The summed E-state index contributed by atoms with van der Waals surface area (Å²) in [5.74, 6) is -1.16. The van der Waals surface area contributed by atoms with Gasteiger partial charge in [0.2, 0.25) is 0 Å². The third-order valence-electron chi connectivity index (χ3n) is 5.13. The van der Waals surface area contributed by atoms with Crippen molar-refractivity contribution in [3.05, 3.63) is 69.9 Å². The van der Waals surface area contributed by atoms with E-state index in [9.17, 15) is 18.4 Å². The van der Waals surface area contributed by atoms with Crippen molar-refractivity contribution >= 4 is 33.9 Å². The highest BCUT2D eigenvalue weighted by Gasteiger charge is 2.25. The number of hydrogen-bond acceptors (Lipinski definition) is 6. The average molecular weight is 471 g/mol. The van der Waals surface area contributed by atoms with Crippen molar-refractivity contribution in [1.29, 1.82) is 0 Å². The minimum atomic E-state index is -2.83. The number of ether oxygens (including phenoxy) is 1. The summed E-state index contributed by atoms with van der Waals surface area (Å²) >= 11 is 1.23. The van der Waals surface area contributed by atoms with Crippen LogP contribution in [0.2, 0.25) is 0 Å². The number of amides is 1. The monoisotopic (exact) mass is 470 g/mol. The number of carbonyl (C=O) groups excluding carboxylic acids is 2. The standard InChI is InChI=1S/C23H20F2N4O3S/c1-4-32-23(31)18-12(2)13(3)33-22(18)28-21(30)15-11-26-29-17(19(24)25)10-16(27-20(15)29)14-8-6-5-7-9-14/h5-11,19H,4H2,1-3H3,(H,28,30). The zero-order chi connectivity index (χ0) is 23.7. The smallest absolute Gasteiger partial charge is 0.341 e. The zero-order valence-corrected chi connectivity index (χ0v) is 18.9. The van der Waals surface area contributed by atoms with E-state index in [0.717, 1.165) is 9.39 Å². The Morgan fingerprint density at radius 2 is 1.94 bits per heavy atom. The van der Waals surface area contributed by atoms with Crippen LogP contribution in [0.15, 0.2) is 42.6 Å². The van der Waals surface area contributed by atoms with Gasteiger partial charge in [0.05, 0.1) is 24.1 Å². The van der Waals surface area contributed by atoms with Gasteiger partial charge in [0.15, 0.2) is 5.65 Å². The maximum Gasteiger partial charge on any atom is 0.341 e. The van der Waals surface area contributed by atoms with E-state index in [0.29, 0.717) is 21.8 Å². The van der Waals surface area contributed by atoms with Crippen LogP contribution in [0.3, 0.4) is 0 Å². The molecule has 170 valence electrons. The minimum absolute atomic E-state index is 0.00756. The van der Waals surface area contributed by atoms with Crippen molar-refractivity contribution in [3.8, 4) is 11.3 Å². The van der Waals surface area contributed by atoms with E-state index in [1.807, 2.05) is 6.92 Å². The first kappa shape index (κ1) is 22.5. The zero-order valence-electron chi connectivity index (χ0n) is 18.1. The molecule has 0 unspecified atom stereocenters. The van der Waals surface area contributed by atoms with E-state index in [1.165, 1.54) is 23.6 Å². The van der Waals surface area contributed by atoms with Gasteiger partial charge in [0.1, 0.15) is 16.3 Å². The molecule has 0 aliphatic rings. The lowest BCUT2D eigenvalue weighted by molar-refractivity contribution is 0.0527. The SMILES string of the molecule is CCOC(=O)c1c(NC(=O)c2cnn3c(C(F)F)cc(-c4ccccc4)nc23)sc(C)c1C. The second-order valence-electron chi connectivity index (χ2n) is 7.19. The van der Waals surface area contributed by atoms with Crippen molar-refractivity contribution in [2.24, 2.45) is 0 Å². The van der Waals surface area contributed by atoms with E-state index in [2.05, 4.69) is 15.4 Å². The summed E-state index contributed by atoms with van der Waals surface area (Å²) in [6.45, 7) is 5.49. The maximum atomic E-state index is 13.8. The van der Waals surface area contributed by atoms with Crippen molar-refractivity contribution in [1.82, 2.24) is 14.6 Å². The van der Waals surface area contributed by atoms with Gasteiger partial charge in [-0.3, -0.25) is 4.79 Å². The molecular formula is C23H20F2N4O3S. The van der Waals surface area contributed by atoms with Crippen molar-refractivity contribution in [2.75, 3.05) is 11.9 Å². The molecule has 0 fully saturated rings. The molecule has 10 heteroatoms. The molecule has 0 saturated carbocycles. The van der Waals surface area contributed by atoms with E-state index in [1.54, 1.807) is 44.2 Å². The largest absolute Gasteiger partial charge is 0.462 e. The Morgan fingerprint density at radius 1 is 1.21 bits per heavy atom. The Hall–Kier alpha value is -3.66. The number of nitrogens with zero attached hydrogens (tertiary/aromatic N) is 3. The van der Waals surface area contributed by atoms with Crippen molar-refractivity contribution < 1.29 is 23.1 Å². The Kier molecular flexibility index (Phi) is 6.19. The molecule has 4 aromatic rings. The van der Waals surface area contributed by atoms with E-state index >= 15 is 0 Å². The summed E-state index contributed by atoms with van der Waals surface area (Å²) in [7, 11) is 0. The van der Waals surface area contributed by atoms with Gasteiger partial charge in [-0.2, -0.15) is 5.10 Å². The van der Waals surface area contributed by atoms with E-state index in [4.69, 9.17) is 4.74 Å². The first-order chi connectivity index (χ1) is 15.8. The highest BCUT2D eigenvalue weighted by atomic mass is 32.1. The van der Waals surface area contributed by atoms with Gasteiger partial charge < -0.3 is 10.1 Å². The highest BCUT2D eigenvalue weighted by molar-refractivity contribution is 7.16. The van der Waals surface area contributed by atoms with Gasteiger partial charge in [-0.15, -0.1) is 11.3 Å². The molecule has 1 N–H and O–H groups in total. The predicted molar refractivity (Wildman–Crippen MR) is 121 cm³/mol. The van der Waals surface area contributed by atoms with Crippen LogP contribution in [0.4, 0.5) is 13.8 Å². The molecule has 4 rings (SSSR count). The number of esters is 1. The fraction of sp³-hybridized carbons (Fsp3) is 0.217. The van der Waals surface area contributed by atoms with Gasteiger partial charge in [-0.25, -0.2) is 23.1 Å². The summed E-state index contributed by atoms with van der Waals surface area (Å²) in [4.78, 5) is 30.8. The molecule has 33 heavy (non-hydrogen) atoms. The number of thiophene rings is 1. The van der Waals surface area contributed by atoms with Crippen LogP contribution in [0, 0.1) is 13.8 Å². The highest BCUT2D eigenvalue weighted by Crippen LogP contribution is 2.34. The number of benzene rings is 1. The molecule has 0 aliphatic carbocycles. The summed E-state index contributed by atoms with van der Waals surface area (Å²) < 4.78 is 33.6. The van der Waals surface area contributed by atoms with Crippen LogP contribution >= 0.6 is 11.3 Å². The summed E-state index contributed by atoms with van der Waals surface area (Å²) in [5, 5.41) is 7.00. The fourth-order valence-electron chi connectivity index (χ4n) is 3.39. The number of halogens is 2. The molecule has 0 radical (unpaired) electrons. The molecule has 1 amide bonds. The molecule has 0 spiro atoms. The average Bonchev–Trinajstić information content (AvgIpc) is 3.34. The Bertz CT molecular complexity index is 1350. The molecular weight excluding hydrogens is 450 g/mol. The van der Waals surface area contributed by atoms with Gasteiger partial charge in [-0.05, 0) is 32.4 Å². The molecule has 0 atom stereocenters. The number of fused-ring (bicyclic) bond motifs is 1. The topological polar surface area (TPSA) is 85.6 Å². The maximum absolute atomic E-state index is 13.8. The first-order valence-corrected chi connectivity index (χ1v) is 10.9. The third kappa shape index (κ3) is 4.21. The number of rotatable bonds is 6. The van der Waals surface area contributed by atoms with E-state index in [-0.39, 0.29) is 29.1 Å². The van der Waals surface area contributed by atoms with Crippen LogP contribution in [0.5, 0.6) is 0 Å². The van der Waals surface area contributed by atoms with E-state index < -0.39 is 18.3 Å². The number of nitrogens with one attached hydrogen (secondary N) is 1. The molecule has 1 aromatic carbocycles. The minimum Gasteiger partial charge on any atom is -0.462 e.